The van der Waals surface area contributed by atoms with Crippen LogP contribution in [0.4, 0.5) is 4.39 Å². The summed E-state index contributed by atoms with van der Waals surface area (Å²) in [6.45, 7) is 2.57. The SMILES string of the molecule is Cc1cc(C(=O)N2CC[C@@H](O)[C@H](Cc3ccccc3F)C2)on1. The number of hydrogen-bond acceptors (Lipinski definition) is 4. The minimum Gasteiger partial charge on any atom is -0.393 e. The van der Waals surface area contributed by atoms with Crippen molar-refractivity contribution in [3.05, 3.63) is 53.2 Å². The van der Waals surface area contributed by atoms with Crippen molar-refractivity contribution in [1.82, 2.24) is 10.1 Å². The lowest BCUT2D eigenvalue weighted by Crippen LogP contribution is -2.46. The molecule has 122 valence electrons. The fourth-order valence-electron chi connectivity index (χ4n) is 2.97. The maximum atomic E-state index is 13.8. The van der Waals surface area contributed by atoms with E-state index in [2.05, 4.69) is 5.16 Å². The van der Waals surface area contributed by atoms with Gasteiger partial charge in [0.2, 0.25) is 5.76 Å². The lowest BCUT2D eigenvalue weighted by atomic mass is 9.88. The van der Waals surface area contributed by atoms with Gasteiger partial charge in [-0.25, -0.2) is 4.39 Å². The number of aryl methyl sites for hydroxylation is 1. The van der Waals surface area contributed by atoms with E-state index in [1.165, 1.54) is 6.07 Å². The van der Waals surface area contributed by atoms with Crippen molar-refractivity contribution in [2.24, 2.45) is 5.92 Å². The van der Waals surface area contributed by atoms with Crippen molar-refractivity contribution in [3.8, 4) is 0 Å². The number of benzene rings is 1. The van der Waals surface area contributed by atoms with Crippen LogP contribution in [0.5, 0.6) is 0 Å². The highest BCUT2D eigenvalue weighted by atomic mass is 19.1. The van der Waals surface area contributed by atoms with Crippen LogP contribution in [0.3, 0.4) is 0 Å². The molecular weight excluding hydrogens is 299 g/mol. The molecule has 1 aliphatic rings. The van der Waals surface area contributed by atoms with Crippen LogP contribution in [-0.2, 0) is 6.42 Å². The van der Waals surface area contributed by atoms with Gasteiger partial charge in [0.25, 0.3) is 5.91 Å². The molecular formula is C17H19FN2O3. The van der Waals surface area contributed by atoms with Gasteiger partial charge >= 0.3 is 0 Å². The summed E-state index contributed by atoms with van der Waals surface area (Å²) in [4.78, 5) is 14.1. The Balaban J connectivity index is 1.72. The molecule has 6 heteroatoms. The van der Waals surface area contributed by atoms with Crippen LogP contribution in [0.25, 0.3) is 0 Å². The summed E-state index contributed by atoms with van der Waals surface area (Å²) >= 11 is 0. The predicted molar refractivity (Wildman–Crippen MR) is 81.4 cm³/mol. The summed E-state index contributed by atoms with van der Waals surface area (Å²) < 4.78 is 18.8. The standard InChI is InChI=1S/C17H19FN2O3/c1-11-8-16(23-19-11)17(22)20-7-6-15(21)13(10-20)9-12-4-2-3-5-14(12)18/h2-5,8,13,15,21H,6-7,9-10H2,1H3/t13-,15-/m1/s1. The second-order valence-corrected chi connectivity index (χ2v) is 6.00. The first-order valence-corrected chi connectivity index (χ1v) is 7.68. The summed E-state index contributed by atoms with van der Waals surface area (Å²) in [5, 5.41) is 13.9. The molecule has 1 aromatic heterocycles. The van der Waals surface area contributed by atoms with E-state index in [0.717, 1.165) is 0 Å². The van der Waals surface area contributed by atoms with Crippen LogP contribution in [0.15, 0.2) is 34.9 Å². The number of piperidine rings is 1. The first-order valence-electron chi connectivity index (χ1n) is 7.68. The van der Waals surface area contributed by atoms with Gasteiger partial charge < -0.3 is 14.5 Å². The summed E-state index contributed by atoms with van der Waals surface area (Å²) in [7, 11) is 0. The number of carbonyl (C=O) groups is 1. The Morgan fingerprint density at radius 3 is 2.96 bits per heavy atom. The third kappa shape index (κ3) is 3.42. The van der Waals surface area contributed by atoms with E-state index in [4.69, 9.17) is 4.52 Å². The van der Waals surface area contributed by atoms with Gasteiger partial charge in [0, 0.05) is 25.1 Å². The number of hydrogen-bond donors (Lipinski definition) is 1. The molecule has 2 heterocycles. The van der Waals surface area contributed by atoms with E-state index in [9.17, 15) is 14.3 Å². The number of rotatable bonds is 3. The third-order valence-electron chi connectivity index (χ3n) is 4.26. The van der Waals surface area contributed by atoms with Crippen molar-refractivity contribution >= 4 is 5.91 Å². The highest BCUT2D eigenvalue weighted by Gasteiger charge is 2.32. The zero-order valence-electron chi connectivity index (χ0n) is 12.9. The lowest BCUT2D eigenvalue weighted by Gasteiger charge is -2.35. The number of carbonyl (C=O) groups excluding carboxylic acids is 1. The molecule has 0 saturated carbocycles. The van der Waals surface area contributed by atoms with E-state index in [1.807, 2.05) is 0 Å². The summed E-state index contributed by atoms with van der Waals surface area (Å²) in [6, 6.07) is 8.12. The average Bonchev–Trinajstić information content (AvgIpc) is 2.97. The molecule has 1 aliphatic heterocycles. The maximum absolute atomic E-state index is 13.8. The highest BCUT2D eigenvalue weighted by molar-refractivity contribution is 5.91. The minimum absolute atomic E-state index is 0.198. The van der Waals surface area contributed by atoms with Gasteiger partial charge in [-0.15, -0.1) is 0 Å². The molecule has 0 spiro atoms. The Morgan fingerprint density at radius 2 is 2.26 bits per heavy atom. The van der Waals surface area contributed by atoms with E-state index in [-0.39, 0.29) is 23.4 Å². The van der Waals surface area contributed by atoms with Gasteiger partial charge in [0.05, 0.1) is 11.8 Å². The molecule has 0 bridgehead atoms. The number of likely N-dealkylation sites (tertiary alicyclic amines) is 1. The Bertz CT molecular complexity index is 701. The molecule has 1 fully saturated rings. The monoisotopic (exact) mass is 318 g/mol. The largest absolute Gasteiger partial charge is 0.393 e. The molecule has 1 aromatic carbocycles. The fraction of sp³-hybridized carbons (Fsp3) is 0.412. The van der Waals surface area contributed by atoms with E-state index in [1.54, 1.807) is 36.1 Å². The average molecular weight is 318 g/mol. The summed E-state index contributed by atoms with van der Waals surface area (Å²) in [6.07, 6.45) is 0.320. The number of aliphatic hydroxyl groups is 1. The van der Waals surface area contributed by atoms with Crippen molar-refractivity contribution in [1.29, 1.82) is 0 Å². The quantitative estimate of drug-likeness (QED) is 0.942. The normalized spacial score (nSPS) is 21.4. The second kappa shape index (κ2) is 6.50. The zero-order chi connectivity index (χ0) is 16.4. The summed E-state index contributed by atoms with van der Waals surface area (Å²) in [5.74, 6) is -0.526. The molecule has 1 N–H and O–H groups in total. The Kier molecular flexibility index (Phi) is 4.43. The van der Waals surface area contributed by atoms with Crippen molar-refractivity contribution in [2.45, 2.75) is 25.9 Å². The fourth-order valence-corrected chi connectivity index (χ4v) is 2.97. The van der Waals surface area contributed by atoms with Crippen LogP contribution < -0.4 is 0 Å². The van der Waals surface area contributed by atoms with Crippen LogP contribution >= 0.6 is 0 Å². The third-order valence-corrected chi connectivity index (χ3v) is 4.26. The van der Waals surface area contributed by atoms with Crippen LogP contribution in [0, 0.1) is 18.7 Å². The molecule has 5 nitrogen and oxygen atoms in total. The molecule has 2 aromatic rings. The predicted octanol–water partition coefficient (Wildman–Crippen LogP) is 2.19. The van der Waals surface area contributed by atoms with Crippen molar-refractivity contribution in [2.75, 3.05) is 13.1 Å². The Morgan fingerprint density at radius 1 is 1.48 bits per heavy atom. The van der Waals surface area contributed by atoms with Crippen molar-refractivity contribution < 1.29 is 18.8 Å². The van der Waals surface area contributed by atoms with Gasteiger partial charge in [-0.2, -0.15) is 0 Å². The molecule has 0 aliphatic carbocycles. The van der Waals surface area contributed by atoms with Crippen LogP contribution in [0.2, 0.25) is 0 Å². The molecule has 2 atom stereocenters. The van der Waals surface area contributed by atoms with E-state index in [0.29, 0.717) is 37.2 Å². The van der Waals surface area contributed by atoms with Crippen LogP contribution in [0.1, 0.15) is 28.2 Å². The van der Waals surface area contributed by atoms with Gasteiger partial charge in [-0.3, -0.25) is 4.79 Å². The number of amides is 1. The van der Waals surface area contributed by atoms with E-state index >= 15 is 0 Å². The maximum Gasteiger partial charge on any atom is 0.292 e. The smallest absolute Gasteiger partial charge is 0.292 e. The Hall–Kier alpha value is -2.21. The molecule has 3 rings (SSSR count). The zero-order valence-corrected chi connectivity index (χ0v) is 12.9. The number of aromatic nitrogens is 1. The first-order chi connectivity index (χ1) is 11.0. The molecule has 0 unspecified atom stereocenters. The Labute approximate surface area is 133 Å². The van der Waals surface area contributed by atoms with E-state index < -0.39 is 6.10 Å². The molecule has 0 radical (unpaired) electrons. The van der Waals surface area contributed by atoms with Gasteiger partial charge in [0.15, 0.2) is 0 Å². The van der Waals surface area contributed by atoms with Crippen LogP contribution in [-0.4, -0.2) is 40.3 Å². The number of aliphatic hydroxyl groups excluding tert-OH is 1. The topological polar surface area (TPSA) is 66.6 Å². The van der Waals surface area contributed by atoms with Gasteiger partial charge in [-0.05, 0) is 31.4 Å². The molecule has 1 amide bonds. The second-order valence-electron chi connectivity index (χ2n) is 6.00. The summed E-state index contributed by atoms with van der Waals surface area (Å²) in [5.41, 5.74) is 1.20. The lowest BCUT2D eigenvalue weighted by molar-refractivity contribution is 0.0218. The van der Waals surface area contributed by atoms with Gasteiger partial charge in [-0.1, -0.05) is 23.4 Å². The molecule has 1 saturated heterocycles. The number of halogens is 1. The molecule has 23 heavy (non-hydrogen) atoms. The van der Waals surface area contributed by atoms with Crippen molar-refractivity contribution in [3.63, 3.8) is 0 Å². The highest BCUT2D eigenvalue weighted by Crippen LogP contribution is 2.24. The van der Waals surface area contributed by atoms with Gasteiger partial charge in [0.1, 0.15) is 5.82 Å². The number of nitrogens with zero attached hydrogens (tertiary/aromatic N) is 2. The first kappa shape index (κ1) is 15.7. The minimum atomic E-state index is -0.546.